The van der Waals surface area contributed by atoms with E-state index in [1.54, 1.807) is 18.2 Å². The third-order valence-electron chi connectivity index (χ3n) is 2.86. The van der Waals surface area contributed by atoms with Gasteiger partial charge in [-0.1, -0.05) is 34.1 Å². The van der Waals surface area contributed by atoms with Gasteiger partial charge < -0.3 is 5.73 Å². The van der Waals surface area contributed by atoms with Crippen LogP contribution >= 0.6 is 15.9 Å². The molecular formula is C15H14BrF2N. The molecule has 0 fully saturated rings. The molecule has 2 rings (SSSR count). The summed E-state index contributed by atoms with van der Waals surface area (Å²) in [5, 5.41) is 0. The van der Waals surface area contributed by atoms with Gasteiger partial charge in [-0.15, -0.1) is 0 Å². The van der Waals surface area contributed by atoms with Gasteiger partial charge in [0.1, 0.15) is 11.6 Å². The molecule has 2 N–H and O–H groups in total. The van der Waals surface area contributed by atoms with Gasteiger partial charge in [0.15, 0.2) is 0 Å². The number of nitrogens with two attached hydrogens (primary N) is 1. The van der Waals surface area contributed by atoms with Gasteiger partial charge in [-0.2, -0.15) is 0 Å². The third kappa shape index (κ3) is 4.11. The summed E-state index contributed by atoms with van der Waals surface area (Å²) in [5.74, 6) is -0.555. The van der Waals surface area contributed by atoms with Crippen LogP contribution in [0.5, 0.6) is 0 Å². The van der Waals surface area contributed by atoms with Gasteiger partial charge in [-0.3, -0.25) is 0 Å². The molecule has 19 heavy (non-hydrogen) atoms. The highest BCUT2D eigenvalue weighted by molar-refractivity contribution is 9.10. The number of rotatable bonds is 4. The molecule has 0 aliphatic carbocycles. The van der Waals surface area contributed by atoms with Crippen LogP contribution in [-0.2, 0) is 12.8 Å². The van der Waals surface area contributed by atoms with E-state index in [0.717, 1.165) is 5.56 Å². The summed E-state index contributed by atoms with van der Waals surface area (Å²) in [6, 6.07) is 11.0. The van der Waals surface area contributed by atoms with Gasteiger partial charge in [0.25, 0.3) is 0 Å². The average Bonchev–Trinajstić information content (AvgIpc) is 2.30. The lowest BCUT2D eigenvalue weighted by Gasteiger charge is -2.12. The van der Waals surface area contributed by atoms with Gasteiger partial charge in [-0.05, 0) is 48.2 Å². The van der Waals surface area contributed by atoms with Crippen LogP contribution in [0.1, 0.15) is 11.1 Å². The van der Waals surface area contributed by atoms with E-state index in [0.29, 0.717) is 22.9 Å². The first-order chi connectivity index (χ1) is 9.04. The standard InChI is InChI=1S/C15H14BrF2N/c16-12-5-10(6-13(17)9-12)7-14(19)8-11-3-1-2-4-15(11)18/h1-6,9,14H,7-8,19H2. The molecule has 0 aliphatic heterocycles. The molecule has 0 saturated carbocycles. The molecular weight excluding hydrogens is 312 g/mol. The maximum Gasteiger partial charge on any atom is 0.126 e. The summed E-state index contributed by atoms with van der Waals surface area (Å²) in [7, 11) is 0. The Labute approximate surface area is 119 Å². The molecule has 2 aromatic rings. The van der Waals surface area contributed by atoms with Crippen molar-refractivity contribution < 1.29 is 8.78 Å². The lowest BCUT2D eigenvalue weighted by Crippen LogP contribution is -2.26. The average molecular weight is 326 g/mol. The van der Waals surface area contributed by atoms with Crippen molar-refractivity contribution in [2.45, 2.75) is 18.9 Å². The number of hydrogen-bond donors (Lipinski definition) is 1. The number of halogens is 3. The SMILES string of the molecule is NC(Cc1cc(F)cc(Br)c1)Cc1ccccc1F. The lowest BCUT2D eigenvalue weighted by atomic mass is 9.99. The van der Waals surface area contributed by atoms with Crippen LogP contribution in [0.3, 0.4) is 0 Å². The minimum absolute atomic E-state index is 0.245. The minimum atomic E-state index is -0.303. The first-order valence-corrected chi connectivity index (χ1v) is 6.78. The van der Waals surface area contributed by atoms with E-state index in [4.69, 9.17) is 5.73 Å². The van der Waals surface area contributed by atoms with Gasteiger partial charge in [0.2, 0.25) is 0 Å². The Morgan fingerprint density at radius 1 is 1.05 bits per heavy atom. The predicted molar refractivity (Wildman–Crippen MR) is 75.9 cm³/mol. The zero-order valence-electron chi connectivity index (χ0n) is 10.2. The number of benzene rings is 2. The van der Waals surface area contributed by atoms with E-state index >= 15 is 0 Å². The van der Waals surface area contributed by atoms with Gasteiger partial charge >= 0.3 is 0 Å². The van der Waals surface area contributed by atoms with Crippen molar-refractivity contribution in [3.8, 4) is 0 Å². The largest absolute Gasteiger partial charge is 0.327 e. The second-order valence-electron chi connectivity index (χ2n) is 4.54. The van der Waals surface area contributed by atoms with Crippen molar-refractivity contribution in [3.05, 3.63) is 69.7 Å². The van der Waals surface area contributed by atoms with Crippen molar-refractivity contribution in [2.24, 2.45) is 5.73 Å². The molecule has 0 spiro atoms. The molecule has 2 aromatic carbocycles. The monoisotopic (exact) mass is 325 g/mol. The maximum atomic E-state index is 13.5. The van der Waals surface area contributed by atoms with Crippen LogP contribution in [0.4, 0.5) is 8.78 Å². The first-order valence-electron chi connectivity index (χ1n) is 5.98. The Morgan fingerprint density at radius 3 is 2.47 bits per heavy atom. The molecule has 0 bridgehead atoms. The van der Waals surface area contributed by atoms with Crippen molar-refractivity contribution in [2.75, 3.05) is 0 Å². The summed E-state index contributed by atoms with van der Waals surface area (Å²) >= 11 is 3.24. The Kier molecular flexibility index (Phi) is 4.66. The van der Waals surface area contributed by atoms with Crippen LogP contribution in [0.25, 0.3) is 0 Å². The fourth-order valence-corrected chi connectivity index (χ4v) is 2.56. The lowest BCUT2D eigenvalue weighted by molar-refractivity contribution is 0.581. The van der Waals surface area contributed by atoms with Crippen molar-refractivity contribution >= 4 is 15.9 Å². The van der Waals surface area contributed by atoms with Crippen LogP contribution < -0.4 is 5.73 Å². The highest BCUT2D eigenvalue weighted by Gasteiger charge is 2.10. The Bertz CT molecular complexity index is 552. The second-order valence-corrected chi connectivity index (χ2v) is 5.45. The topological polar surface area (TPSA) is 26.0 Å². The highest BCUT2D eigenvalue weighted by Crippen LogP contribution is 2.17. The van der Waals surface area contributed by atoms with Crippen LogP contribution in [-0.4, -0.2) is 6.04 Å². The van der Waals surface area contributed by atoms with Gasteiger partial charge in [-0.25, -0.2) is 8.78 Å². The fraction of sp³-hybridized carbons (Fsp3) is 0.200. The molecule has 0 aliphatic rings. The molecule has 0 saturated heterocycles. The molecule has 0 radical (unpaired) electrons. The molecule has 1 atom stereocenters. The number of hydrogen-bond acceptors (Lipinski definition) is 1. The van der Waals surface area contributed by atoms with E-state index in [-0.39, 0.29) is 17.7 Å². The maximum absolute atomic E-state index is 13.5. The minimum Gasteiger partial charge on any atom is -0.327 e. The van der Waals surface area contributed by atoms with Gasteiger partial charge in [0, 0.05) is 10.5 Å². The van der Waals surface area contributed by atoms with E-state index in [1.807, 2.05) is 6.07 Å². The van der Waals surface area contributed by atoms with Crippen LogP contribution in [0.2, 0.25) is 0 Å². The zero-order valence-corrected chi connectivity index (χ0v) is 11.8. The highest BCUT2D eigenvalue weighted by atomic mass is 79.9. The molecule has 0 aromatic heterocycles. The fourth-order valence-electron chi connectivity index (χ4n) is 2.05. The molecule has 1 unspecified atom stereocenters. The Hall–Kier alpha value is -1.26. The third-order valence-corrected chi connectivity index (χ3v) is 3.32. The molecule has 0 heterocycles. The van der Waals surface area contributed by atoms with Crippen molar-refractivity contribution in [1.29, 1.82) is 0 Å². The smallest absolute Gasteiger partial charge is 0.126 e. The molecule has 100 valence electrons. The van der Waals surface area contributed by atoms with E-state index < -0.39 is 0 Å². The normalized spacial score (nSPS) is 12.4. The first kappa shape index (κ1) is 14.2. The summed E-state index contributed by atoms with van der Waals surface area (Å²) in [6.07, 6.45) is 0.936. The Morgan fingerprint density at radius 2 is 1.79 bits per heavy atom. The van der Waals surface area contributed by atoms with E-state index in [1.165, 1.54) is 18.2 Å². The summed E-state index contributed by atoms with van der Waals surface area (Å²) in [6.45, 7) is 0. The van der Waals surface area contributed by atoms with Crippen molar-refractivity contribution in [1.82, 2.24) is 0 Å². The summed E-state index contributed by atoms with van der Waals surface area (Å²) < 4.78 is 27.4. The molecule has 4 heteroatoms. The molecule has 0 amide bonds. The van der Waals surface area contributed by atoms with Crippen LogP contribution in [0, 0.1) is 11.6 Å². The quantitative estimate of drug-likeness (QED) is 0.908. The molecule has 1 nitrogen and oxygen atoms in total. The zero-order chi connectivity index (χ0) is 13.8. The summed E-state index contributed by atoms with van der Waals surface area (Å²) in [5.41, 5.74) is 7.39. The Balaban J connectivity index is 2.05. The second kappa shape index (κ2) is 6.26. The van der Waals surface area contributed by atoms with Gasteiger partial charge in [0.05, 0.1) is 0 Å². The van der Waals surface area contributed by atoms with E-state index in [9.17, 15) is 8.78 Å². The predicted octanol–water partition coefficient (Wildman–Crippen LogP) is 3.84. The van der Waals surface area contributed by atoms with Crippen LogP contribution in [0.15, 0.2) is 46.9 Å². The van der Waals surface area contributed by atoms with Crippen molar-refractivity contribution in [3.63, 3.8) is 0 Å². The summed E-state index contributed by atoms with van der Waals surface area (Å²) in [4.78, 5) is 0. The van der Waals surface area contributed by atoms with E-state index in [2.05, 4.69) is 15.9 Å².